The molecule has 2 rings (SSSR count). The number of nitrogens with zero attached hydrogens (tertiary/aromatic N) is 1. The van der Waals surface area contributed by atoms with Crippen molar-refractivity contribution < 1.29 is 4.79 Å². The molecule has 5 heteroatoms. The van der Waals surface area contributed by atoms with Crippen LogP contribution >= 0.6 is 15.9 Å². The SMILES string of the molecule is CC(Nc1ccc(Br)cc1N)C(=O)N1CCCC1. The average Bonchev–Trinajstić information content (AvgIpc) is 2.85. The summed E-state index contributed by atoms with van der Waals surface area (Å²) in [4.78, 5) is 14.1. The zero-order valence-electron chi connectivity index (χ0n) is 10.4. The summed E-state index contributed by atoms with van der Waals surface area (Å²) in [5.74, 6) is 0.148. The van der Waals surface area contributed by atoms with Crippen LogP contribution in [0.1, 0.15) is 19.8 Å². The first-order chi connectivity index (χ1) is 8.58. The van der Waals surface area contributed by atoms with Gasteiger partial charge in [-0.05, 0) is 38.0 Å². The lowest BCUT2D eigenvalue weighted by atomic mass is 10.2. The third kappa shape index (κ3) is 2.96. The Bertz CT molecular complexity index is 444. The highest BCUT2D eigenvalue weighted by Crippen LogP contribution is 2.24. The topological polar surface area (TPSA) is 58.4 Å². The lowest BCUT2D eigenvalue weighted by Gasteiger charge is -2.22. The first-order valence-corrected chi connectivity index (χ1v) is 6.97. The zero-order valence-corrected chi connectivity index (χ0v) is 12.0. The predicted molar refractivity (Wildman–Crippen MR) is 77.5 cm³/mol. The van der Waals surface area contributed by atoms with Crippen LogP contribution in [0.2, 0.25) is 0 Å². The van der Waals surface area contributed by atoms with Gasteiger partial charge in [0, 0.05) is 17.6 Å². The number of hydrogen-bond acceptors (Lipinski definition) is 3. The Hall–Kier alpha value is -1.23. The quantitative estimate of drug-likeness (QED) is 0.843. The van der Waals surface area contributed by atoms with E-state index in [4.69, 9.17) is 5.73 Å². The number of carbonyl (C=O) groups is 1. The third-order valence-electron chi connectivity index (χ3n) is 3.17. The lowest BCUT2D eigenvalue weighted by Crippen LogP contribution is -2.39. The summed E-state index contributed by atoms with van der Waals surface area (Å²) in [7, 11) is 0. The van der Waals surface area contributed by atoms with Gasteiger partial charge in [-0.25, -0.2) is 0 Å². The maximum atomic E-state index is 12.1. The molecule has 1 aromatic rings. The van der Waals surface area contributed by atoms with Gasteiger partial charge in [0.05, 0.1) is 11.4 Å². The molecule has 0 aliphatic carbocycles. The third-order valence-corrected chi connectivity index (χ3v) is 3.67. The molecule has 1 aliphatic heterocycles. The van der Waals surface area contributed by atoms with Crippen LogP contribution in [-0.4, -0.2) is 29.9 Å². The summed E-state index contributed by atoms with van der Waals surface area (Å²) in [6.07, 6.45) is 2.22. The number of anilines is 2. The van der Waals surface area contributed by atoms with Crippen LogP contribution in [0.25, 0.3) is 0 Å². The van der Waals surface area contributed by atoms with Crippen LogP contribution in [-0.2, 0) is 4.79 Å². The van der Waals surface area contributed by atoms with Crippen LogP contribution in [0, 0.1) is 0 Å². The number of amides is 1. The molecule has 0 bridgehead atoms. The first kappa shape index (κ1) is 13.2. The summed E-state index contributed by atoms with van der Waals surface area (Å²) in [6, 6.07) is 5.38. The van der Waals surface area contributed by atoms with Crippen molar-refractivity contribution in [3.63, 3.8) is 0 Å². The normalized spacial score (nSPS) is 16.7. The number of halogens is 1. The Morgan fingerprint density at radius 2 is 2.11 bits per heavy atom. The Labute approximate surface area is 116 Å². The number of nitrogen functional groups attached to an aromatic ring is 1. The van der Waals surface area contributed by atoms with Gasteiger partial charge in [-0.2, -0.15) is 0 Å². The van der Waals surface area contributed by atoms with Gasteiger partial charge in [0.25, 0.3) is 0 Å². The highest BCUT2D eigenvalue weighted by atomic mass is 79.9. The van der Waals surface area contributed by atoms with Crippen molar-refractivity contribution in [3.8, 4) is 0 Å². The number of hydrogen-bond donors (Lipinski definition) is 2. The fourth-order valence-electron chi connectivity index (χ4n) is 2.17. The molecule has 1 aromatic carbocycles. The molecule has 18 heavy (non-hydrogen) atoms. The van der Waals surface area contributed by atoms with E-state index in [1.807, 2.05) is 30.0 Å². The number of rotatable bonds is 3. The molecule has 3 N–H and O–H groups in total. The monoisotopic (exact) mass is 311 g/mol. The second-order valence-electron chi connectivity index (χ2n) is 4.63. The van der Waals surface area contributed by atoms with Gasteiger partial charge in [-0.1, -0.05) is 15.9 Å². The van der Waals surface area contributed by atoms with Crippen molar-refractivity contribution in [2.24, 2.45) is 0 Å². The second kappa shape index (κ2) is 5.61. The Morgan fingerprint density at radius 3 is 2.72 bits per heavy atom. The van der Waals surface area contributed by atoms with Crippen molar-refractivity contribution in [1.29, 1.82) is 0 Å². The van der Waals surface area contributed by atoms with Crippen LogP contribution in [0.15, 0.2) is 22.7 Å². The summed E-state index contributed by atoms with van der Waals surface area (Å²) in [5, 5.41) is 3.18. The van der Waals surface area contributed by atoms with Crippen molar-refractivity contribution in [2.45, 2.75) is 25.8 Å². The van der Waals surface area contributed by atoms with E-state index in [0.717, 1.165) is 36.1 Å². The summed E-state index contributed by atoms with van der Waals surface area (Å²) in [5.41, 5.74) is 7.35. The van der Waals surface area contributed by atoms with Crippen LogP contribution in [0.4, 0.5) is 11.4 Å². The maximum Gasteiger partial charge on any atom is 0.244 e. The molecule has 1 atom stereocenters. The Kier molecular flexibility index (Phi) is 4.11. The van der Waals surface area contributed by atoms with Crippen molar-refractivity contribution in [3.05, 3.63) is 22.7 Å². The van der Waals surface area contributed by atoms with Gasteiger partial charge >= 0.3 is 0 Å². The van der Waals surface area contributed by atoms with Crippen LogP contribution in [0.3, 0.4) is 0 Å². The maximum absolute atomic E-state index is 12.1. The zero-order chi connectivity index (χ0) is 13.1. The molecule has 1 aliphatic rings. The molecule has 1 heterocycles. The summed E-state index contributed by atoms with van der Waals surface area (Å²) < 4.78 is 0.934. The number of nitrogens with one attached hydrogen (secondary N) is 1. The fourth-order valence-corrected chi connectivity index (χ4v) is 2.55. The van der Waals surface area contributed by atoms with E-state index in [2.05, 4.69) is 21.2 Å². The number of benzene rings is 1. The van der Waals surface area contributed by atoms with Crippen molar-refractivity contribution >= 4 is 33.2 Å². The fraction of sp³-hybridized carbons (Fsp3) is 0.462. The van der Waals surface area contributed by atoms with Gasteiger partial charge in [-0.15, -0.1) is 0 Å². The van der Waals surface area contributed by atoms with E-state index in [1.54, 1.807) is 0 Å². The van der Waals surface area contributed by atoms with Gasteiger partial charge in [-0.3, -0.25) is 4.79 Å². The number of likely N-dealkylation sites (tertiary alicyclic amines) is 1. The van der Waals surface area contributed by atoms with Crippen molar-refractivity contribution in [2.75, 3.05) is 24.1 Å². The first-order valence-electron chi connectivity index (χ1n) is 6.18. The molecule has 0 radical (unpaired) electrons. The minimum Gasteiger partial charge on any atom is -0.397 e. The van der Waals surface area contributed by atoms with Gasteiger partial charge in [0.2, 0.25) is 5.91 Å². The van der Waals surface area contributed by atoms with E-state index in [-0.39, 0.29) is 11.9 Å². The van der Waals surface area contributed by atoms with E-state index in [0.29, 0.717) is 5.69 Å². The Morgan fingerprint density at radius 1 is 1.44 bits per heavy atom. The lowest BCUT2D eigenvalue weighted by molar-refractivity contribution is -0.130. The van der Waals surface area contributed by atoms with E-state index >= 15 is 0 Å². The van der Waals surface area contributed by atoms with Gasteiger partial charge in [0.15, 0.2) is 0 Å². The van der Waals surface area contributed by atoms with E-state index in [9.17, 15) is 4.79 Å². The molecule has 4 nitrogen and oxygen atoms in total. The number of carbonyl (C=O) groups excluding carboxylic acids is 1. The molecule has 0 spiro atoms. The van der Waals surface area contributed by atoms with Crippen molar-refractivity contribution in [1.82, 2.24) is 4.90 Å². The highest BCUT2D eigenvalue weighted by molar-refractivity contribution is 9.10. The second-order valence-corrected chi connectivity index (χ2v) is 5.55. The molecule has 1 unspecified atom stereocenters. The van der Waals surface area contributed by atoms with Gasteiger partial charge < -0.3 is 16.0 Å². The molecule has 0 saturated carbocycles. The van der Waals surface area contributed by atoms with E-state index in [1.165, 1.54) is 0 Å². The molecule has 98 valence electrons. The summed E-state index contributed by atoms with van der Waals surface area (Å²) >= 11 is 3.36. The van der Waals surface area contributed by atoms with Gasteiger partial charge in [0.1, 0.15) is 6.04 Å². The molecular formula is C13H18BrN3O. The molecule has 1 amide bonds. The average molecular weight is 312 g/mol. The van der Waals surface area contributed by atoms with Crippen LogP contribution < -0.4 is 11.1 Å². The minimum absolute atomic E-state index is 0.148. The molecule has 1 fully saturated rings. The van der Waals surface area contributed by atoms with E-state index < -0.39 is 0 Å². The largest absolute Gasteiger partial charge is 0.397 e. The predicted octanol–water partition coefficient (Wildman–Crippen LogP) is 2.45. The standard InChI is InChI=1S/C13H18BrN3O/c1-9(13(18)17-6-2-3-7-17)16-12-5-4-10(14)8-11(12)15/h4-5,8-9,16H,2-3,6-7,15H2,1H3. The van der Waals surface area contributed by atoms with Crippen LogP contribution in [0.5, 0.6) is 0 Å². The smallest absolute Gasteiger partial charge is 0.244 e. The number of nitrogens with two attached hydrogens (primary N) is 1. The molecule has 0 aromatic heterocycles. The Balaban J connectivity index is 2.01. The molecule has 1 saturated heterocycles. The summed E-state index contributed by atoms with van der Waals surface area (Å²) in [6.45, 7) is 3.63. The molecular weight excluding hydrogens is 294 g/mol. The minimum atomic E-state index is -0.244. The highest BCUT2D eigenvalue weighted by Gasteiger charge is 2.23.